The molecule has 3 rings (SSSR count). The van der Waals surface area contributed by atoms with E-state index >= 15 is 0 Å². The Morgan fingerprint density at radius 1 is 1.38 bits per heavy atom. The maximum Gasteiger partial charge on any atom is 0.418 e. The number of hydrogen-bond donors (Lipinski definition) is 2. The number of aromatic nitrogens is 1. The van der Waals surface area contributed by atoms with E-state index < -0.39 is 17.7 Å². The molecule has 0 spiro atoms. The van der Waals surface area contributed by atoms with Gasteiger partial charge in [0.2, 0.25) is 5.91 Å². The predicted molar refractivity (Wildman–Crippen MR) is 104 cm³/mol. The number of rotatable bonds is 8. The zero-order valence-corrected chi connectivity index (χ0v) is 16.7. The summed E-state index contributed by atoms with van der Waals surface area (Å²) in [5.74, 6) is -0.603. The van der Waals surface area contributed by atoms with Gasteiger partial charge in [-0.25, -0.2) is 9.78 Å². The van der Waals surface area contributed by atoms with E-state index in [1.165, 1.54) is 46.7 Å². The van der Waals surface area contributed by atoms with Gasteiger partial charge in [0.15, 0.2) is 10.0 Å². The Bertz CT molecular complexity index is 888. The Labute approximate surface area is 173 Å². The molecule has 0 saturated carbocycles. The van der Waals surface area contributed by atoms with Gasteiger partial charge >= 0.3 is 12.1 Å². The predicted octanol–water partition coefficient (Wildman–Crippen LogP) is 4.06. The Morgan fingerprint density at radius 3 is 2.83 bits per heavy atom. The Kier molecular flexibility index (Phi) is 6.68. The first-order valence-corrected chi connectivity index (χ1v) is 10.6. The molecule has 2 aromatic rings. The van der Waals surface area contributed by atoms with Gasteiger partial charge in [0.1, 0.15) is 0 Å². The number of benzene rings is 1. The number of alkyl halides is 3. The Morgan fingerprint density at radius 2 is 2.14 bits per heavy atom. The monoisotopic (exact) mass is 445 g/mol. The van der Waals surface area contributed by atoms with Gasteiger partial charge in [-0.2, -0.15) is 13.2 Å². The first-order valence-electron chi connectivity index (χ1n) is 8.77. The molecule has 29 heavy (non-hydrogen) atoms. The van der Waals surface area contributed by atoms with Crippen molar-refractivity contribution in [2.45, 2.75) is 29.4 Å². The van der Waals surface area contributed by atoms with E-state index in [1.807, 2.05) is 0 Å². The number of para-hydroxylation sites is 1. The molecule has 156 valence electrons. The number of carboxylic acids is 1. The van der Waals surface area contributed by atoms with Crippen molar-refractivity contribution in [1.82, 2.24) is 9.88 Å². The molecule has 1 unspecified atom stereocenters. The maximum absolute atomic E-state index is 13.1. The number of anilines is 1. The normalized spacial score (nSPS) is 17.0. The summed E-state index contributed by atoms with van der Waals surface area (Å²) < 4.78 is 40.0. The first-order chi connectivity index (χ1) is 13.8. The third-order valence-electron chi connectivity index (χ3n) is 4.47. The highest BCUT2D eigenvalue weighted by molar-refractivity contribution is 8.01. The number of carbonyl (C=O) groups is 2. The van der Waals surface area contributed by atoms with Crippen LogP contribution in [0.5, 0.6) is 0 Å². The standard InChI is InChI=1S/C18H18F3N3O3S2/c19-18(20,21)12-3-1-2-4-13(12)22-9-11-5-6-15(25)24(11)7-8-28-17-23-14(10-29-17)16(26)27/h1-4,10-11,22H,5-9H2,(H,26,27). The molecular formula is C18H18F3N3O3S2. The molecule has 0 bridgehead atoms. The van der Waals surface area contributed by atoms with Crippen LogP contribution in [0.4, 0.5) is 18.9 Å². The Balaban J connectivity index is 1.56. The molecule has 1 aromatic heterocycles. The van der Waals surface area contributed by atoms with E-state index in [9.17, 15) is 22.8 Å². The minimum atomic E-state index is -4.45. The van der Waals surface area contributed by atoms with Crippen molar-refractivity contribution in [3.63, 3.8) is 0 Å². The summed E-state index contributed by atoms with van der Waals surface area (Å²) in [5.41, 5.74) is -0.748. The SMILES string of the molecule is O=C(O)c1csc(SCCN2C(=O)CCC2CNc2ccccc2C(F)(F)F)n1. The van der Waals surface area contributed by atoms with E-state index in [0.29, 0.717) is 29.5 Å². The number of thiazole rings is 1. The van der Waals surface area contributed by atoms with Crippen LogP contribution in [0.3, 0.4) is 0 Å². The van der Waals surface area contributed by atoms with Gasteiger partial charge in [0.05, 0.1) is 5.56 Å². The summed E-state index contributed by atoms with van der Waals surface area (Å²) in [7, 11) is 0. The van der Waals surface area contributed by atoms with Crippen LogP contribution in [0.2, 0.25) is 0 Å². The lowest BCUT2D eigenvalue weighted by atomic mass is 10.1. The number of nitrogens with one attached hydrogen (secondary N) is 1. The van der Waals surface area contributed by atoms with E-state index in [1.54, 1.807) is 4.90 Å². The van der Waals surface area contributed by atoms with E-state index in [2.05, 4.69) is 10.3 Å². The van der Waals surface area contributed by atoms with Gasteiger partial charge in [0, 0.05) is 42.4 Å². The highest BCUT2D eigenvalue weighted by atomic mass is 32.2. The molecule has 6 nitrogen and oxygen atoms in total. The summed E-state index contributed by atoms with van der Waals surface area (Å²) in [6, 6.07) is 5.07. The number of carboxylic acid groups (broad SMARTS) is 1. The molecule has 1 aliphatic heterocycles. The number of amides is 1. The van der Waals surface area contributed by atoms with Crippen LogP contribution in [-0.4, -0.2) is 51.8 Å². The van der Waals surface area contributed by atoms with Crippen molar-refractivity contribution in [1.29, 1.82) is 0 Å². The molecule has 1 aliphatic rings. The number of hydrogen-bond acceptors (Lipinski definition) is 6. The molecule has 1 fully saturated rings. The second kappa shape index (κ2) is 9.04. The van der Waals surface area contributed by atoms with E-state index in [-0.39, 0.29) is 29.9 Å². The summed E-state index contributed by atoms with van der Waals surface area (Å²) in [5, 5.41) is 13.2. The van der Waals surface area contributed by atoms with Crippen LogP contribution in [0.25, 0.3) is 0 Å². The molecule has 1 saturated heterocycles. The number of likely N-dealkylation sites (tertiary alicyclic amines) is 1. The fraction of sp³-hybridized carbons (Fsp3) is 0.389. The van der Waals surface area contributed by atoms with Crippen LogP contribution >= 0.6 is 23.1 Å². The van der Waals surface area contributed by atoms with Gasteiger partial charge in [-0.3, -0.25) is 4.79 Å². The van der Waals surface area contributed by atoms with Gasteiger partial charge in [0.25, 0.3) is 0 Å². The van der Waals surface area contributed by atoms with Crippen LogP contribution in [0.15, 0.2) is 34.0 Å². The molecule has 11 heteroatoms. The first kappa shape index (κ1) is 21.4. The molecule has 2 N–H and O–H groups in total. The Hall–Kier alpha value is -2.27. The van der Waals surface area contributed by atoms with E-state index in [4.69, 9.17) is 5.11 Å². The third-order valence-corrected chi connectivity index (χ3v) is 6.47. The minimum Gasteiger partial charge on any atom is -0.476 e. The second-order valence-electron chi connectivity index (χ2n) is 6.36. The fourth-order valence-electron chi connectivity index (χ4n) is 3.08. The molecule has 1 amide bonds. The average molecular weight is 445 g/mol. The third kappa shape index (κ3) is 5.41. The van der Waals surface area contributed by atoms with Crippen LogP contribution in [0, 0.1) is 0 Å². The van der Waals surface area contributed by atoms with Gasteiger partial charge < -0.3 is 15.3 Å². The molecular weight excluding hydrogens is 427 g/mol. The fourth-order valence-corrected chi connectivity index (χ4v) is 4.89. The lowest BCUT2D eigenvalue weighted by Gasteiger charge is -2.26. The molecule has 1 atom stereocenters. The number of thioether (sulfide) groups is 1. The lowest BCUT2D eigenvalue weighted by molar-refractivity contribution is -0.137. The van der Waals surface area contributed by atoms with Crippen LogP contribution < -0.4 is 5.32 Å². The zero-order chi connectivity index (χ0) is 21.0. The van der Waals surface area contributed by atoms with Crippen LogP contribution in [-0.2, 0) is 11.0 Å². The molecule has 0 aliphatic carbocycles. The minimum absolute atomic E-state index is 0.00217. The van der Waals surface area contributed by atoms with Crippen molar-refractivity contribution in [3.8, 4) is 0 Å². The highest BCUT2D eigenvalue weighted by Gasteiger charge is 2.34. The molecule has 2 heterocycles. The van der Waals surface area contributed by atoms with Crippen molar-refractivity contribution in [2.24, 2.45) is 0 Å². The van der Waals surface area contributed by atoms with Gasteiger partial charge in [-0.15, -0.1) is 11.3 Å². The second-order valence-corrected chi connectivity index (χ2v) is 8.56. The smallest absolute Gasteiger partial charge is 0.418 e. The molecule has 1 aromatic carbocycles. The summed E-state index contributed by atoms with van der Waals surface area (Å²) in [4.78, 5) is 28.7. The lowest BCUT2D eigenvalue weighted by Crippen LogP contribution is -2.39. The quantitative estimate of drug-likeness (QED) is 0.597. The number of carbonyl (C=O) groups excluding carboxylic acids is 1. The van der Waals surface area contributed by atoms with Crippen molar-refractivity contribution < 1.29 is 27.9 Å². The number of nitrogens with zero attached hydrogens (tertiary/aromatic N) is 2. The zero-order valence-electron chi connectivity index (χ0n) is 15.1. The van der Waals surface area contributed by atoms with Gasteiger partial charge in [-0.05, 0) is 18.6 Å². The average Bonchev–Trinajstić information content (AvgIpc) is 3.27. The van der Waals surface area contributed by atoms with Gasteiger partial charge in [-0.1, -0.05) is 23.9 Å². The van der Waals surface area contributed by atoms with Crippen LogP contribution in [0.1, 0.15) is 28.9 Å². The maximum atomic E-state index is 13.1. The highest BCUT2D eigenvalue weighted by Crippen LogP contribution is 2.35. The summed E-state index contributed by atoms with van der Waals surface area (Å²) in [6.45, 7) is 0.642. The summed E-state index contributed by atoms with van der Waals surface area (Å²) >= 11 is 2.57. The van der Waals surface area contributed by atoms with Crippen molar-refractivity contribution in [2.75, 3.05) is 24.2 Å². The summed E-state index contributed by atoms with van der Waals surface area (Å²) in [6.07, 6.45) is -3.52. The topological polar surface area (TPSA) is 82.5 Å². The number of aromatic carboxylic acids is 1. The molecule has 0 radical (unpaired) electrons. The largest absolute Gasteiger partial charge is 0.476 e. The van der Waals surface area contributed by atoms with E-state index in [0.717, 1.165) is 6.07 Å². The number of halogens is 3. The van der Waals surface area contributed by atoms with Crippen molar-refractivity contribution >= 4 is 40.7 Å². The van der Waals surface area contributed by atoms with Crippen molar-refractivity contribution in [3.05, 3.63) is 40.9 Å².